The quantitative estimate of drug-likeness (QED) is 0.641. The van der Waals surface area contributed by atoms with E-state index in [-0.39, 0.29) is 6.61 Å². The third kappa shape index (κ3) is 6.69. The molecule has 0 fully saturated rings. The van der Waals surface area contributed by atoms with E-state index in [1.165, 1.54) is 0 Å². The predicted octanol–water partition coefficient (Wildman–Crippen LogP) is 1.90. The van der Waals surface area contributed by atoms with Gasteiger partial charge in [0.25, 0.3) is 5.91 Å². The topological polar surface area (TPSA) is 81.7 Å². The highest BCUT2D eigenvalue weighted by Gasteiger charge is 2.07. The third-order valence-corrected chi connectivity index (χ3v) is 2.49. The average molecular weight is 305 g/mol. The van der Waals surface area contributed by atoms with Crippen molar-refractivity contribution in [1.29, 1.82) is 0 Å². The summed E-state index contributed by atoms with van der Waals surface area (Å²) in [6.45, 7) is 5.28. The zero-order chi connectivity index (χ0) is 16.5. The summed E-state index contributed by atoms with van der Waals surface area (Å²) in [6.07, 6.45) is 1.87. The van der Waals surface area contributed by atoms with Crippen molar-refractivity contribution in [1.82, 2.24) is 0 Å². The van der Waals surface area contributed by atoms with Crippen LogP contribution in [0.2, 0.25) is 0 Å². The molecule has 0 heterocycles. The SMILES string of the molecule is CCOC(=O)/C=C/C(=O)OCC(=O)Nc1cc(C)cc(C)c1. The van der Waals surface area contributed by atoms with Gasteiger partial charge in [0.1, 0.15) is 0 Å². The molecular weight excluding hydrogens is 286 g/mol. The second-order valence-corrected chi connectivity index (χ2v) is 4.62. The maximum Gasteiger partial charge on any atom is 0.331 e. The van der Waals surface area contributed by atoms with Crippen molar-refractivity contribution in [2.75, 3.05) is 18.5 Å². The van der Waals surface area contributed by atoms with Crippen LogP contribution in [0.1, 0.15) is 18.1 Å². The summed E-state index contributed by atoms with van der Waals surface area (Å²) in [5.74, 6) is -1.88. The van der Waals surface area contributed by atoms with Crippen LogP contribution in [-0.2, 0) is 23.9 Å². The van der Waals surface area contributed by atoms with E-state index >= 15 is 0 Å². The molecule has 0 atom stereocenters. The van der Waals surface area contributed by atoms with Gasteiger partial charge in [0, 0.05) is 17.8 Å². The summed E-state index contributed by atoms with van der Waals surface area (Å²) >= 11 is 0. The second kappa shape index (κ2) is 8.61. The number of aryl methyl sites for hydroxylation is 2. The minimum Gasteiger partial charge on any atom is -0.463 e. The molecule has 0 aliphatic carbocycles. The van der Waals surface area contributed by atoms with Crippen LogP contribution in [0.3, 0.4) is 0 Å². The van der Waals surface area contributed by atoms with Gasteiger partial charge in [-0.2, -0.15) is 0 Å². The summed E-state index contributed by atoms with van der Waals surface area (Å²) < 4.78 is 9.33. The van der Waals surface area contributed by atoms with Crippen LogP contribution in [0.15, 0.2) is 30.4 Å². The Kier molecular flexibility index (Phi) is 6.82. The van der Waals surface area contributed by atoms with Crippen LogP contribution in [0.5, 0.6) is 0 Å². The van der Waals surface area contributed by atoms with E-state index in [1.54, 1.807) is 6.92 Å². The van der Waals surface area contributed by atoms with Crippen LogP contribution in [0, 0.1) is 13.8 Å². The van der Waals surface area contributed by atoms with E-state index in [0.29, 0.717) is 5.69 Å². The molecule has 1 aromatic carbocycles. The Bertz CT molecular complexity index is 572. The lowest BCUT2D eigenvalue weighted by atomic mass is 10.1. The lowest BCUT2D eigenvalue weighted by Crippen LogP contribution is -2.20. The van der Waals surface area contributed by atoms with Crippen molar-refractivity contribution in [3.8, 4) is 0 Å². The first kappa shape index (κ1) is 17.4. The van der Waals surface area contributed by atoms with Crippen molar-refractivity contribution in [2.45, 2.75) is 20.8 Å². The molecule has 0 radical (unpaired) electrons. The molecule has 118 valence electrons. The molecule has 1 amide bonds. The van der Waals surface area contributed by atoms with Gasteiger partial charge in [-0.25, -0.2) is 9.59 Å². The average Bonchev–Trinajstić information content (AvgIpc) is 2.42. The van der Waals surface area contributed by atoms with Crippen molar-refractivity contribution in [2.24, 2.45) is 0 Å². The largest absolute Gasteiger partial charge is 0.463 e. The zero-order valence-electron chi connectivity index (χ0n) is 12.8. The van der Waals surface area contributed by atoms with E-state index in [9.17, 15) is 14.4 Å². The van der Waals surface area contributed by atoms with Gasteiger partial charge in [0.05, 0.1) is 6.61 Å². The molecule has 1 rings (SSSR count). The van der Waals surface area contributed by atoms with Crippen LogP contribution < -0.4 is 5.32 Å². The predicted molar refractivity (Wildman–Crippen MR) is 81.3 cm³/mol. The minimum absolute atomic E-state index is 0.219. The monoisotopic (exact) mass is 305 g/mol. The number of amides is 1. The maximum absolute atomic E-state index is 11.7. The Morgan fingerprint density at radius 3 is 2.09 bits per heavy atom. The number of carbonyl (C=O) groups is 3. The summed E-state index contributed by atoms with van der Waals surface area (Å²) in [6, 6.07) is 5.61. The molecule has 1 aromatic rings. The summed E-state index contributed by atoms with van der Waals surface area (Å²) in [7, 11) is 0. The van der Waals surface area contributed by atoms with Gasteiger partial charge in [-0.15, -0.1) is 0 Å². The second-order valence-electron chi connectivity index (χ2n) is 4.62. The number of nitrogens with one attached hydrogen (secondary N) is 1. The summed E-state index contributed by atoms with van der Waals surface area (Å²) in [5.41, 5.74) is 2.68. The Morgan fingerprint density at radius 1 is 1.00 bits per heavy atom. The molecule has 0 bridgehead atoms. The Labute approximate surface area is 129 Å². The molecule has 0 aromatic heterocycles. The van der Waals surface area contributed by atoms with Gasteiger partial charge >= 0.3 is 11.9 Å². The van der Waals surface area contributed by atoms with Crippen LogP contribution in [-0.4, -0.2) is 31.1 Å². The van der Waals surface area contributed by atoms with Gasteiger partial charge in [0.15, 0.2) is 6.61 Å². The highest BCUT2D eigenvalue weighted by molar-refractivity contribution is 5.95. The molecule has 0 aliphatic rings. The van der Waals surface area contributed by atoms with Gasteiger partial charge in [0.2, 0.25) is 0 Å². The Morgan fingerprint density at radius 2 is 1.55 bits per heavy atom. The molecule has 0 saturated heterocycles. The lowest BCUT2D eigenvalue weighted by Gasteiger charge is -2.07. The molecule has 1 N–H and O–H groups in total. The van der Waals surface area contributed by atoms with Gasteiger partial charge in [-0.3, -0.25) is 4.79 Å². The highest BCUT2D eigenvalue weighted by atomic mass is 16.5. The fourth-order valence-corrected chi connectivity index (χ4v) is 1.76. The number of anilines is 1. The van der Waals surface area contributed by atoms with E-state index in [4.69, 9.17) is 4.74 Å². The van der Waals surface area contributed by atoms with Gasteiger partial charge in [-0.1, -0.05) is 6.07 Å². The van der Waals surface area contributed by atoms with Crippen molar-refractivity contribution in [3.05, 3.63) is 41.5 Å². The lowest BCUT2D eigenvalue weighted by molar-refractivity contribution is -0.143. The molecule has 6 heteroatoms. The summed E-state index contributed by atoms with van der Waals surface area (Å²) in [4.78, 5) is 34.0. The standard InChI is InChI=1S/C16H19NO5/c1-4-21-15(19)5-6-16(20)22-10-14(18)17-13-8-11(2)7-12(3)9-13/h5-9H,4,10H2,1-3H3,(H,17,18)/b6-5+. The molecule has 0 spiro atoms. The zero-order valence-corrected chi connectivity index (χ0v) is 12.8. The maximum atomic E-state index is 11.7. The number of benzene rings is 1. The normalized spacial score (nSPS) is 10.3. The molecule has 22 heavy (non-hydrogen) atoms. The highest BCUT2D eigenvalue weighted by Crippen LogP contribution is 2.13. The number of hydrogen-bond acceptors (Lipinski definition) is 5. The fourth-order valence-electron chi connectivity index (χ4n) is 1.76. The number of carbonyl (C=O) groups excluding carboxylic acids is 3. The van der Waals surface area contributed by atoms with Crippen LogP contribution in [0.4, 0.5) is 5.69 Å². The van der Waals surface area contributed by atoms with Crippen LogP contribution in [0.25, 0.3) is 0 Å². The number of hydrogen-bond donors (Lipinski definition) is 1. The number of esters is 2. The molecule has 0 aliphatic heterocycles. The van der Waals surface area contributed by atoms with E-state index < -0.39 is 24.5 Å². The van der Waals surface area contributed by atoms with Gasteiger partial charge in [-0.05, 0) is 44.0 Å². The van der Waals surface area contributed by atoms with Crippen LogP contribution >= 0.6 is 0 Å². The Balaban J connectivity index is 2.42. The number of ether oxygens (including phenoxy) is 2. The third-order valence-electron chi connectivity index (χ3n) is 2.49. The Hall–Kier alpha value is -2.63. The molecule has 0 saturated carbocycles. The first-order valence-electron chi connectivity index (χ1n) is 6.80. The van der Waals surface area contributed by atoms with E-state index in [1.807, 2.05) is 32.0 Å². The van der Waals surface area contributed by atoms with Crippen molar-refractivity contribution < 1.29 is 23.9 Å². The van der Waals surface area contributed by atoms with Crippen molar-refractivity contribution in [3.63, 3.8) is 0 Å². The molecule has 0 unspecified atom stereocenters. The first-order chi connectivity index (χ1) is 10.4. The first-order valence-corrected chi connectivity index (χ1v) is 6.80. The number of rotatable bonds is 6. The fraction of sp³-hybridized carbons (Fsp3) is 0.312. The molecule has 6 nitrogen and oxygen atoms in total. The van der Waals surface area contributed by atoms with Gasteiger partial charge < -0.3 is 14.8 Å². The minimum atomic E-state index is -0.788. The van der Waals surface area contributed by atoms with Crippen molar-refractivity contribution >= 4 is 23.5 Å². The van der Waals surface area contributed by atoms with E-state index in [0.717, 1.165) is 23.3 Å². The van der Waals surface area contributed by atoms with E-state index in [2.05, 4.69) is 10.1 Å². The molecular formula is C16H19NO5. The smallest absolute Gasteiger partial charge is 0.331 e. The summed E-state index contributed by atoms with van der Waals surface area (Å²) in [5, 5.41) is 2.63.